The van der Waals surface area contributed by atoms with E-state index in [1.807, 2.05) is 20.8 Å². The topological polar surface area (TPSA) is 63.2 Å². The van der Waals surface area contributed by atoms with Crippen molar-refractivity contribution in [3.05, 3.63) is 30.1 Å². The Morgan fingerprint density at radius 3 is 2.69 bits per heavy atom. The largest absolute Gasteiger partial charge is 0.489 e. The molecule has 0 spiro atoms. The molecular formula is C19H28FN3O3. The third-order valence-electron chi connectivity index (χ3n) is 4.40. The first-order chi connectivity index (χ1) is 12.4. The van der Waals surface area contributed by atoms with Crippen LogP contribution in [0, 0.1) is 17.7 Å². The fourth-order valence-corrected chi connectivity index (χ4v) is 3.02. The van der Waals surface area contributed by atoms with Crippen LogP contribution in [0.25, 0.3) is 0 Å². The van der Waals surface area contributed by atoms with Gasteiger partial charge in [0.1, 0.15) is 17.7 Å². The number of likely N-dealkylation sites (tertiary alicyclic amines) is 1. The van der Waals surface area contributed by atoms with Crippen LogP contribution in [0.5, 0.6) is 5.75 Å². The molecule has 144 valence electrons. The second kappa shape index (κ2) is 9.40. The van der Waals surface area contributed by atoms with Crippen LogP contribution in [0.3, 0.4) is 0 Å². The molecule has 1 aliphatic rings. The van der Waals surface area contributed by atoms with Crippen LogP contribution in [-0.4, -0.2) is 56.2 Å². The molecular weight excluding hydrogens is 337 g/mol. The number of nitrogens with one attached hydrogen (secondary N) is 1. The Morgan fingerprint density at radius 2 is 2.08 bits per heavy atom. The highest BCUT2D eigenvalue weighted by Crippen LogP contribution is 2.24. The Kier molecular flexibility index (Phi) is 7.24. The third-order valence-corrected chi connectivity index (χ3v) is 4.40. The van der Waals surface area contributed by atoms with E-state index in [-0.39, 0.29) is 29.7 Å². The maximum absolute atomic E-state index is 13.0. The highest BCUT2D eigenvalue weighted by atomic mass is 19.1. The van der Waals surface area contributed by atoms with Crippen molar-refractivity contribution in [2.75, 3.05) is 33.3 Å². The summed E-state index contributed by atoms with van der Waals surface area (Å²) in [6.07, 6.45) is -0.162. The molecule has 1 heterocycles. The van der Waals surface area contributed by atoms with Crippen molar-refractivity contribution in [2.45, 2.75) is 26.9 Å². The summed E-state index contributed by atoms with van der Waals surface area (Å²) < 4.78 is 23.6. The van der Waals surface area contributed by atoms with Crippen LogP contribution in [0.1, 0.15) is 20.8 Å². The number of aliphatic imine (C=N–C) groups is 1. The molecule has 3 atom stereocenters. The predicted octanol–water partition coefficient (Wildman–Crippen LogP) is 2.30. The minimum absolute atomic E-state index is 0.142. The number of hydrogen-bond donors (Lipinski definition) is 1. The molecule has 1 N–H and O–H groups in total. The first-order valence-corrected chi connectivity index (χ1v) is 8.97. The minimum Gasteiger partial charge on any atom is -0.489 e. The van der Waals surface area contributed by atoms with Crippen LogP contribution in [0.4, 0.5) is 4.39 Å². The van der Waals surface area contributed by atoms with Crippen molar-refractivity contribution >= 4 is 11.9 Å². The van der Waals surface area contributed by atoms with E-state index in [0.717, 1.165) is 19.0 Å². The summed E-state index contributed by atoms with van der Waals surface area (Å²) >= 11 is 0. The van der Waals surface area contributed by atoms with Gasteiger partial charge in [0.15, 0.2) is 5.96 Å². The zero-order valence-corrected chi connectivity index (χ0v) is 15.9. The smallest absolute Gasteiger partial charge is 0.310 e. The quantitative estimate of drug-likeness (QED) is 0.476. The number of rotatable bonds is 6. The van der Waals surface area contributed by atoms with Crippen LogP contribution in [0.2, 0.25) is 0 Å². The summed E-state index contributed by atoms with van der Waals surface area (Å²) in [6.45, 7) is 8.50. The number of esters is 1. The van der Waals surface area contributed by atoms with E-state index in [4.69, 9.17) is 9.47 Å². The van der Waals surface area contributed by atoms with Crippen molar-refractivity contribution in [1.29, 1.82) is 0 Å². The fourth-order valence-electron chi connectivity index (χ4n) is 3.02. The molecule has 6 nitrogen and oxygen atoms in total. The average molecular weight is 365 g/mol. The third kappa shape index (κ3) is 5.34. The van der Waals surface area contributed by atoms with Crippen LogP contribution < -0.4 is 10.1 Å². The number of halogens is 1. The molecule has 26 heavy (non-hydrogen) atoms. The van der Waals surface area contributed by atoms with Gasteiger partial charge in [0, 0.05) is 19.6 Å². The standard InChI is InChI=1S/C19H28FN3O3/c1-5-21-19(23-11-13(2)17(12-23)18(24)25-4)22-10-14(3)26-16-8-6-15(20)7-9-16/h6-9,13-14,17H,5,10-12H2,1-4H3,(H,21,22). The first-order valence-electron chi connectivity index (χ1n) is 8.97. The molecule has 0 radical (unpaired) electrons. The second-order valence-electron chi connectivity index (χ2n) is 6.59. The average Bonchev–Trinajstić information content (AvgIpc) is 3.01. The van der Waals surface area contributed by atoms with Gasteiger partial charge in [-0.1, -0.05) is 6.92 Å². The summed E-state index contributed by atoms with van der Waals surface area (Å²) in [5.74, 6) is 0.973. The van der Waals surface area contributed by atoms with Crippen molar-refractivity contribution < 1.29 is 18.7 Å². The van der Waals surface area contributed by atoms with Gasteiger partial charge in [-0.2, -0.15) is 0 Å². The molecule has 0 aromatic heterocycles. The van der Waals surface area contributed by atoms with Crippen molar-refractivity contribution in [2.24, 2.45) is 16.8 Å². The van der Waals surface area contributed by atoms with E-state index in [1.165, 1.54) is 19.2 Å². The monoisotopic (exact) mass is 365 g/mol. The zero-order chi connectivity index (χ0) is 19.1. The van der Waals surface area contributed by atoms with Crippen molar-refractivity contribution in [3.63, 3.8) is 0 Å². The summed E-state index contributed by atoms with van der Waals surface area (Å²) in [4.78, 5) is 18.6. The second-order valence-corrected chi connectivity index (χ2v) is 6.59. The maximum Gasteiger partial charge on any atom is 0.310 e. The lowest BCUT2D eigenvalue weighted by molar-refractivity contribution is -0.145. The SMILES string of the molecule is CCNC(=NCC(C)Oc1ccc(F)cc1)N1CC(C)C(C(=O)OC)C1. The van der Waals surface area contributed by atoms with Gasteiger partial charge in [-0.05, 0) is 44.0 Å². The van der Waals surface area contributed by atoms with E-state index in [9.17, 15) is 9.18 Å². The van der Waals surface area contributed by atoms with Crippen molar-refractivity contribution in [1.82, 2.24) is 10.2 Å². The Morgan fingerprint density at radius 1 is 1.38 bits per heavy atom. The number of nitrogens with zero attached hydrogens (tertiary/aromatic N) is 2. The van der Waals surface area contributed by atoms with Gasteiger partial charge in [-0.3, -0.25) is 4.79 Å². The summed E-state index contributed by atoms with van der Waals surface area (Å²) in [6, 6.07) is 5.94. The van der Waals surface area contributed by atoms with Crippen LogP contribution in [0.15, 0.2) is 29.3 Å². The number of methoxy groups -OCH3 is 1. The highest BCUT2D eigenvalue weighted by Gasteiger charge is 2.36. The summed E-state index contributed by atoms with van der Waals surface area (Å²) in [7, 11) is 1.42. The van der Waals surface area contributed by atoms with Gasteiger partial charge in [0.05, 0.1) is 19.6 Å². The first kappa shape index (κ1) is 20.0. The summed E-state index contributed by atoms with van der Waals surface area (Å²) in [5, 5.41) is 3.27. The van der Waals surface area contributed by atoms with Gasteiger partial charge < -0.3 is 19.7 Å². The lowest BCUT2D eigenvalue weighted by Crippen LogP contribution is -2.41. The van der Waals surface area contributed by atoms with Gasteiger partial charge in [0.25, 0.3) is 0 Å². The molecule has 1 aliphatic heterocycles. The molecule has 1 aromatic rings. The number of carbonyl (C=O) groups excluding carboxylic acids is 1. The van der Waals surface area contributed by atoms with Gasteiger partial charge >= 0.3 is 5.97 Å². The maximum atomic E-state index is 13.0. The normalized spacial score (nSPS) is 21.4. The lowest BCUT2D eigenvalue weighted by Gasteiger charge is -2.22. The van der Waals surface area contributed by atoms with Gasteiger partial charge in [0.2, 0.25) is 0 Å². The highest BCUT2D eigenvalue weighted by molar-refractivity contribution is 5.82. The predicted molar refractivity (Wildman–Crippen MR) is 98.7 cm³/mol. The van der Waals surface area contributed by atoms with Crippen LogP contribution >= 0.6 is 0 Å². The number of guanidine groups is 1. The molecule has 2 rings (SSSR count). The number of benzene rings is 1. The molecule has 0 bridgehead atoms. The zero-order valence-electron chi connectivity index (χ0n) is 15.9. The summed E-state index contributed by atoms with van der Waals surface area (Å²) in [5.41, 5.74) is 0. The Balaban J connectivity index is 1.97. The Bertz CT molecular complexity index is 621. The van der Waals surface area contributed by atoms with E-state index in [1.54, 1.807) is 12.1 Å². The van der Waals surface area contributed by atoms with E-state index < -0.39 is 0 Å². The molecule has 1 fully saturated rings. The van der Waals surface area contributed by atoms with Gasteiger partial charge in [-0.15, -0.1) is 0 Å². The molecule has 0 amide bonds. The lowest BCUT2D eigenvalue weighted by atomic mass is 9.99. The molecule has 1 saturated heterocycles. The fraction of sp³-hybridized carbons (Fsp3) is 0.579. The van der Waals surface area contributed by atoms with E-state index in [2.05, 4.69) is 15.2 Å². The number of hydrogen-bond acceptors (Lipinski definition) is 4. The van der Waals surface area contributed by atoms with Crippen molar-refractivity contribution in [3.8, 4) is 5.75 Å². The molecule has 3 unspecified atom stereocenters. The molecule has 0 aliphatic carbocycles. The Hall–Kier alpha value is -2.31. The van der Waals surface area contributed by atoms with Crippen LogP contribution in [-0.2, 0) is 9.53 Å². The molecule has 0 saturated carbocycles. The Labute approximate surface area is 154 Å². The number of carbonyl (C=O) groups is 1. The van der Waals surface area contributed by atoms with E-state index in [0.29, 0.717) is 18.8 Å². The number of ether oxygens (including phenoxy) is 2. The minimum atomic E-state index is -0.291. The van der Waals surface area contributed by atoms with Gasteiger partial charge in [-0.25, -0.2) is 9.38 Å². The van der Waals surface area contributed by atoms with E-state index >= 15 is 0 Å². The molecule has 7 heteroatoms. The molecule has 1 aromatic carbocycles.